The van der Waals surface area contributed by atoms with Crippen LogP contribution >= 0.6 is 0 Å². The fourth-order valence-corrected chi connectivity index (χ4v) is 3.87. The summed E-state index contributed by atoms with van der Waals surface area (Å²) in [7, 11) is 0. The van der Waals surface area contributed by atoms with E-state index in [1.54, 1.807) is 52.0 Å². The summed E-state index contributed by atoms with van der Waals surface area (Å²) in [6, 6.07) is 9.40. The molecule has 0 saturated heterocycles. The summed E-state index contributed by atoms with van der Waals surface area (Å²) in [6.45, 7) is 7.67. The van der Waals surface area contributed by atoms with Crippen molar-refractivity contribution in [3.05, 3.63) is 64.1 Å². The number of rotatable bonds is 13. The van der Waals surface area contributed by atoms with Crippen molar-refractivity contribution in [2.75, 3.05) is 51.0 Å². The zero-order chi connectivity index (χ0) is 29.3. The second-order valence-corrected chi connectivity index (χ2v) is 9.82. The van der Waals surface area contributed by atoms with Crippen LogP contribution in [0.1, 0.15) is 48.4 Å². The van der Waals surface area contributed by atoms with Crippen molar-refractivity contribution in [3.63, 3.8) is 0 Å². The number of benzene rings is 1. The fraction of sp³-hybridized carbons (Fsp3) is 0.464. The van der Waals surface area contributed by atoms with E-state index in [0.717, 1.165) is 9.47 Å². The van der Waals surface area contributed by atoms with E-state index < -0.39 is 23.2 Å². The summed E-state index contributed by atoms with van der Waals surface area (Å²) < 4.78 is 22.7. The topological polar surface area (TPSA) is 134 Å². The van der Waals surface area contributed by atoms with Gasteiger partial charge in [0.25, 0.3) is 17.4 Å². The van der Waals surface area contributed by atoms with Crippen molar-refractivity contribution in [2.45, 2.75) is 39.8 Å². The Bertz CT molecular complexity index is 1250. The highest BCUT2D eigenvalue weighted by atomic mass is 16.6. The molecule has 3 rings (SSSR count). The monoisotopic (exact) mass is 557 g/mol. The molecule has 2 heterocycles. The third-order valence-corrected chi connectivity index (χ3v) is 5.67. The lowest BCUT2D eigenvalue weighted by Crippen LogP contribution is -2.39. The molecule has 0 unspecified atom stereocenters. The molecule has 0 aliphatic carbocycles. The predicted molar refractivity (Wildman–Crippen MR) is 144 cm³/mol. The molecule has 0 saturated carbocycles. The Hall–Kier alpha value is -4.03. The standard InChI is InChI=1S/C28H35N3O9/c1-5-39-24(33)19-29-18-20(10-11-23(29)32)30(27(36)40-28(2,3)4)12-14-37-16-17-38-15-13-31-25(34)21-8-6-7-9-22(21)26(31)35/h6-11,18H,5,12-17,19H2,1-4H3. The molecular formula is C28H35N3O9. The van der Waals surface area contributed by atoms with Crippen LogP contribution in [-0.4, -0.2) is 85.1 Å². The summed E-state index contributed by atoms with van der Waals surface area (Å²) in [4.78, 5) is 64.3. The molecule has 2 aromatic rings. The van der Waals surface area contributed by atoms with E-state index in [1.807, 2.05) is 0 Å². The van der Waals surface area contributed by atoms with Gasteiger partial charge in [0.2, 0.25) is 0 Å². The molecule has 1 aromatic carbocycles. The number of pyridine rings is 1. The van der Waals surface area contributed by atoms with E-state index in [9.17, 15) is 24.0 Å². The van der Waals surface area contributed by atoms with E-state index in [-0.39, 0.29) is 64.5 Å². The Balaban J connectivity index is 1.49. The summed E-state index contributed by atoms with van der Waals surface area (Å²) in [6.07, 6.45) is 0.750. The summed E-state index contributed by atoms with van der Waals surface area (Å²) >= 11 is 0. The molecule has 0 radical (unpaired) electrons. The second kappa shape index (κ2) is 13.9. The van der Waals surface area contributed by atoms with Crippen LogP contribution in [0.2, 0.25) is 0 Å². The van der Waals surface area contributed by atoms with Crippen LogP contribution in [0.3, 0.4) is 0 Å². The highest BCUT2D eigenvalue weighted by Crippen LogP contribution is 2.22. The van der Waals surface area contributed by atoms with Crippen molar-refractivity contribution >= 4 is 29.6 Å². The van der Waals surface area contributed by atoms with Gasteiger partial charge >= 0.3 is 12.1 Å². The largest absolute Gasteiger partial charge is 0.465 e. The first kappa shape index (κ1) is 30.5. The number of hydrogen-bond donors (Lipinski definition) is 0. The van der Waals surface area contributed by atoms with Crippen LogP contribution in [0.25, 0.3) is 0 Å². The third-order valence-electron chi connectivity index (χ3n) is 5.67. The Kier molecular flexibility index (Phi) is 10.6. The van der Waals surface area contributed by atoms with Crippen LogP contribution in [0.4, 0.5) is 10.5 Å². The maximum atomic E-state index is 12.9. The number of nitrogens with zero attached hydrogens (tertiary/aromatic N) is 3. The van der Waals surface area contributed by atoms with Gasteiger partial charge in [-0.1, -0.05) is 12.1 Å². The SMILES string of the molecule is CCOC(=O)Cn1cc(N(CCOCCOCCN2C(=O)c3ccccc3C2=O)C(=O)OC(C)(C)C)ccc1=O. The average molecular weight is 558 g/mol. The van der Waals surface area contributed by atoms with Gasteiger partial charge in [0.1, 0.15) is 12.1 Å². The quantitative estimate of drug-likeness (QED) is 0.207. The molecule has 0 spiro atoms. The summed E-state index contributed by atoms with van der Waals surface area (Å²) in [5.74, 6) is -1.25. The lowest BCUT2D eigenvalue weighted by molar-refractivity contribution is -0.143. The van der Waals surface area contributed by atoms with E-state index in [1.165, 1.54) is 23.2 Å². The van der Waals surface area contributed by atoms with E-state index in [0.29, 0.717) is 16.8 Å². The van der Waals surface area contributed by atoms with Crippen LogP contribution < -0.4 is 10.5 Å². The first-order valence-electron chi connectivity index (χ1n) is 13.0. The van der Waals surface area contributed by atoms with Crippen molar-refractivity contribution in [1.29, 1.82) is 0 Å². The zero-order valence-electron chi connectivity index (χ0n) is 23.2. The van der Waals surface area contributed by atoms with Crippen molar-refractivity contribution in [3.8, 4) is 0 Å². The maximum absolute atomic E-state index is 12.9. The van der Waals surface area contributed by atoms with Crippen molar-refractivity contribution < 1.29 is 38.1 Å². The fourth-order valence-electron chi connectivity index (χ4n) is 3.87. The number of anilines is 1. The number of carbonyl (C=O) groups is 4. The smallest absolute Gasteiger partial charge is 0.414 e. The van der Waals surface area contributed by atoms with Gasteiger partial charge in [0.05, 0.1) is 62.9 Å². The summed E-state index contributed by atoms with van der Waals surface area (Å²) in [5, 5.41) is 0. The highest BCUT2D eigenvalue weighted by molar-refractivity contribution is 6.21. The van der Waals surface area contributed by atoms with Crippen LogP contribution in [0.15, 0.2) is 47.4 Å². The average Bonchev–Trinajstić information content (AvgIpc) is 3.13. The van der Waals surface area contributed by atoms with Crippen molar-refractivity contribution in [2.24, 2.45) is 0 Å². The first-order chi connectivity index (χ1) is 19.0. The number of imide groups is 1. The molecule has 1 aromatic heterocycles. The van der Waals surface area contributed by atoms with E-state index >= 15 is 0 Å². The zero-order valence-corrected chi connectivity index (χ0v) is 23.2. The Labute approximate surface area is 232 Å². The molecule has 0 N–H and O–H groups in total. The minimum absolute atomic E-state index is 0.0988. The molecule has 3 amide bonds. The lowest BCUT2D eigenvalue weighted by atomic mass is 10.1. The van der Waals surface area contributed by atoms with Gasteiger partial charge in [0.15, 0.2) is 0 Å². The second-order valence-electron chi connectivity index (χ2n) is 9.82. The number of carbonyl (C=O) groups excluding carboxylic acids is 4. The molecular weight excluding hydrogens is 522 g/mol. The molecule has 12 heteroatoms. The molecule has 0 bridgehead atoms. The van der Waals surface area contributed by atoms with Crippen molar-refractivity contribution in [1.82, 2.24) is 9.47 Å². The Morgan fingerprint density at radius 1 is 0.875 bits per heavy atom. The Morgan fingerprint density at radius 2 is 1.50 bits per heavy atom. The molecule has 40 heavy (non-hydrogen) atoms. The number of fused-ring (bicyclic) bond motifs is 1. The first-order valence-corrected chi connectivity index (χ1v) is 13.0. The maximum Gasteiger partial charge on any atom is 0.414 e. The number of esters is 1. The van der Waals surface area contributed by atoms with Gasteiger partial charge in [-0.15, -0.1) is 0 Å². The van der Waals surface area contributed by atoms with Gasteiger partial charge in [-0.3, -0.25) is 29.0 Å². The van der Waals surface area contributed by atoms with Crippen LogP contribution in [-0.2, 0) is 30.3 Å². The molecule has 1 aliphatic heterocycles. The van der Waals surface area contributed by atoms with Gasteiger partial charge in [0, 0.05) is 12.3 Å². The predicted octanol–water partition coefficient (Wildman–Crippen LogP) is 2.48. The Morgan fingerprint density at radius 3 is 2.10 bits per heavy atom. The minimum Gasteiger partial charge on any atom is -0.465 e. The molecule has 216 valence electrons. The van der Waals surface area contributed by atoms with Crippen LogP contribution in [0, 0.1) is 0 Å². The van der Waals surface area contributed by atoms with Gasteiger partial charge < -0.3 is 23.5 Å². The number of ether oxygens (including phenoxy) is 4. The lowest BCUT2D eigenvalue weighted by Gasteiger charge is -2.27. The van der Waals surface area contributed by atoms with Gasteiger partial charge in [-0.25, -0.2) is 4.79 Å². The molecule has 1 aliphatic rings. The van der Waals surface area contributed by atoms with E-state index in [4.69, 9.17) is 18.9 Å². The highest BCUT2D eigenvalue weighted by Gasteiger charge is 2.34. The molecule has 12 nitrogen and oxygen atoms in total. The number of hydrogen-bond acceptors (Lipinski definition) is 9. The van der Waals surface area contributed by atoms with Crippen LogP contribution in [0.5, 0.6) is 0 Å². The van der Waals surface area contributed by atoms with E-state index in [2.05, 4.69) is 0 Å². The molecule has 0 fully saturated rings. The number of aromatic nitrogens is 1. The molecule has 0 atom stereocenters. The minimum atomic E-state index is -0.761. The number of amides is 3. The normalized spacial score (nSPS) is 12.8. The third kappa shape index (κ3) is 8.23. The van der Waals surface area contributed by atoms with Gasteiger partial charge in [-0.05, 0) is 45.9 Å². The van der Waals surface area contributed by atoms with Gasteiger partial charge in [-0.2, -0.15) is 0 Å². The summed E-state index contributed by atoms with van der Waals surface area (Å²) in [5.41, 5.74) is -0.0547.